The van der Waals surface area contributed by atoms with Crippen LogP contribution in [0.15, 0.2) is 24.3 Å². The highest BCUT2D eigenvalue weighted by Gasteiger charge is 1.95. The second-order valence-corrected chi connectivity index (χ2v) is 3.66. The Kier molecular flexibility index (Phi) is 5.40. The van der Waals surface area contributed by atoms with Crippen molar-refractivity contribution in [2.24, 2.45) is 0 Å². The summed E-state index contributed by atoms with van der Waals surface area (Å²) in [4.78, 5) is 0. The zero-order valence-corrected chi connectivity index (χ0v) is 9.42. The highest BCUT2D eigenvalue weighted by Crippen LogP contribution is 2.13. The largest absolute Gasteiger partial charge is 0.399 e. The van der Waals surface area contributed by atoms with Gasteiger partial charge in [0, 0.05) is 18.5 Å². The smallest absolute Gasteiger partial charge is 0.0346 e. The molecular formula is C14H19N. The zero-order chi connectivity index (χ0) is 10.9. The summed E-state index contributed by atoms with van der Waals surface area (Å²) < 4.78 is 0. The molecule has 0 aliphatic heterocycles. The first-order valence-corrected chi connectivity index (χ1v) is 5.63. The molecule has 0 heterocycles. The lowest BCUT2D eigenvalue weighted by molar-refractivity contribution is 0.857. The van der Waals surface area contributed by atoms with E-state index in [1.165, 1.54) is 5.56 Å². The highest BCUT2D eigenvalue weighted by atomic mass is 14.6. The van der Waals surface area contributed by atoms with Crippen LogP contribution in [-0.4, -0.2) is 0 Å². The molecule has 0 saturated heterocycles. The second-order valence-electron chi connectivity index (χ2n) is 3.66. The zero-order valence-electron chi connectivity index (χ0n) is 9.42. The van der Waals surface area contributed by atoms with Crippen molar-refractivity contribution in [1.29, 1.82) is 0 Å². The van der Waals surface area contributed by atoms with Crippen molar-refractivity contribution in [1.82, 2.24) is 0 Å². The second kappa shape index (κ2) is 6.95. The fourth-order valence-corrected chi connectivity index (χ4v) is 1.43. The van der Waals surface area contributed by atoms with E-state index in [1.54, 1.807) is 0 Å². The number of nitrogen functional groups attached to an aromatic ring is 1. The van der Waals surface area contributed by atoms with E-state index in [-0.39, 0.29) is 0 Å². The molecule has 0 atom stereocenters. The van der Waals surface area contributed by atoms with E-state index in [0.717, 1.165) is 37.8 Å². The quantitative estimate of drug-likeness (QED) is 0.451. The molecule has 0 spiro atoms. The molecule has 1 nitrogen and oxygen atoms in total. The molecule has 15 heavy (non-hydrogen) atoms. The first-order valence-electron chi connectivity index (χ1n) is 5.63. The Morgan fingerprint density at radius 2 is 1.87 bits per heavy atom. The van der Waals surface area contributed by atoms with E-state index >= 15 is 0 Å². The van der Waals surface area contributed by atoms with Crippen LogP contribution in [0.4, 0.5) is 5.69 Å². The third-order valence-corrected chi connectivity index (χ3v) is 2.30. The van der Waals surface area contributed by atoms with Gasteiger partial charge in [0.15, 0.2) is 0 Å². The van der Waals surface area contributed by atoms with Gasteiger partial charge in [0.05, 0.1) is 0 Å². The van der Waals surface area contributed by atoms with Crippen molar-refractivity contribution in [3.05, 3.63) is 29.8 Å². The lowest BCUT2D eigenvalue weighted by Gasteiger charge is -2.02. The van der Waals surface area contributed by atoms with Crippen molar-refractivity contribution in [3.63, 3.8) is 0 Å². The maximum absolute atomic E-state index is 5.85. The average molecular weight is 201 g/mol. The average Bonchev–Trinajstić information content (AvgIpc) is 2.25. The van der Waals surface area contributed by atoms with Gasteiger partial charge >= 0.3 is 0 Å². The van der Waals surface area contributed by atoms with Gasteiger partial charge in [-0.3, -0.25) is 0 Å². The number of nitrogens with two attached hydrogens (primary N) is 1. The van der Waals surface area contributed by atoms with Gasteiger partial charge < -0.3 is 5.73 Å². The Morgan fingerprint density at radius 1 is 1.13 bits per heavy atom. The van der Waals surface area contributed by atoms with E-state index in [9.17, 15) is 0 Å². The van der Waals surface area contributed by atoms with Crippen molar-refractivity contribution in [3.8, 4) is 11.8 Å². The van der Waals surface area contributed by atoms with E-state index in [0.29, 0.717) is 0 Å². The Labute approximate surface area is 92.7 Å². The van der Waals surface area contributed by atoms with Crippen LogP contribution < -0.4 is 5.73 Å². The topological polar surface area (TPSA) is 26.0 Å². The Bertz CT molecular complexity index is 344. The summed E-state index contributed by atoms with van der Waals surface area (Å²) in [6, 6.07) is 8.06. The minimum Gasteiger partial charge on any atom is -0.399 e. The van der Waals surface area contributed by atoms with Crippen LogP contribution in [0.5, 0.6) is 0 Å². The molecule has 0 aliphatic rings. The van der Waals surface area contributed by atoms with Crippen LogP contribution in [0.2, 0.25) is 0 Å². The number of hydrogen-bond acceptors (Lipinski definition) is 1. The predicted molar refractivity (Wildman–Crippen MR) is 66.5 cm³/mol. The molecule has 0 bridgehead atoms. The van der Waals surface area contributed by atoms with Gasteiger partial charge in [0.25, 0.3) is 0 Å². The van der Waals surface area contributed by atoms with Crippen LogP contribution >= 0.6 is 0 Å². The molecule has 1 aromatic carbocycles. The molecule has 2 N–H and O–H groups in total. The van der Waals surface area contributed by atoms with Crippen molar-refractivity contribution >= 4 is 5.69 Å². The summed E-state index contributed by atoms with van der Waals surface area (Å²) in [7, 11) is 0. The lowest BCUT2D eigenvalue weighted by Crippen LogP contribution is -1.93. The number of benzene rings is 1. The summed E-state index contributed by atoms with van der Waals surface area (Å²) in [5.74, 6) is 6.34. The molecule has 0 unspecified atom stereocenters. The summed E-state index contributed by atoms with van der Waals surface area (Å²) in [5, 5.41) is 0. The minimum atomic E-state index is 0.902. The van der Waals surface area contributed by atoms with Gasteiger partial charge in [-0.1, -0.05) is 25.1 Å². The van der Waals surface area contributed by atoms with Gasteiger partial charge in [-0.15, -0.1) is 11.8 Å². The van der Waals surface area contributed by atoms with E-state index in [4.69, 9.17) is 5.73 Å². The van der Waals surface area contributed by atoms with Crippen LogP contribution in [0.25, 0.3) is 0 Å². The maximum atomic E-state index is 5.85. The van der Waals surface area contributed by atoms with Gasteiger partial charge in [-0.05, 0) is 30.9 Å². The summed E-state index contributed by atoms with van der Waals surface area (Å²) in [6.07, 6.45) is 5.29. The first kappa shape index (κ1) is 11.7. The molecule has 0 radical (unpaired) electrons. The molecule has 0 saturated carbocycles. The third-order valence-electron chi connectivity index (χ3n) is 2.30. The summed E-state index contributed by atoms with van der Waals surface area (Å²) in [6.45, 7) is 2.15. The monoisotopic (exact) mass is 201 g/mol. The Balaban J connectivity index is 2.27. The number of aryl methyl sites for hydroxylation is 1. The Morgan fingerprint density at radius 3 is 2.60 bits per heavy atom. The van der Waals surface area contributed by atoms with Gasteiger partial charge in [-0.2, -0.15) is 0 Å². The fourth-order valence-electron chi connectivity index (χ4n) is 1.43. The lowest BCUT2D eigenvalue weighted by atomic mass is 10.1. The van der Waals surface area contributed by atoms with Crippen molar-refractivity contribution in [2.45, 2.75) is 39.0 Å². The van der Waals surface area contributed by atoms with Crippen LogP contribution in [0.3, 0.4) is 0 Å². The highest BCUT2D eigenvalue weighted by molar-refractivity contribution is 5.46. The summed E-state index contributed by atoms with van der Waals surface area (Å²) in [5.41, 5.74) is 7.99. The normalized spacial score (nSPS) is 9.40. The fraction of sp³-hybridized carbons (Fsp3) is 0.429. The van der Waals surface area contributed by atoms with Gasteiger partial charge in [0.2, 0.25) is 0 Å². The first-order chi connectivity index (χ1) is 7.34. The molecular weight excluding hydrogens is 182 g/mol. The number of unbranched alkanes of at least 4 members (excludes halogenated alkanes) is 2. The third kappa shape index (κ3) is 4.56. The maximum Gasteiger partial charge on any atom is 0.0346 e. The van der Waals surface area contributed by atoms with Crippen molar-refractivity contribution < 1.29 is 0 Å². The van der Waals surface area contributed by atoms with E-state index in [2.05, 4.69) is 24.8 Å². The minimum absolute atomic E-state index is 0.902. The molecule has 1 heteroatoms. The van der Waals surface area contributed by atoms with Gasteiger partial charge in [0.1, 0.15) is 0 Å². The number of rotatable bonds is 4. The van der Waals surface area contributed by atoms with Crippen LogP contribution in [0.1, 0.15) is 38.2 Å². The number of anilines is 1. The van der Waals surface area contributed by atoms with Crippen molar-refractivity contribution in [2.75, 3.05) is 5.73 Å². The molecule has 0 amide bonds. The van der Waals surface area contributed by atoms with E-state index in [1.807, 2.05) is 18.2 Å². The van der Waals surface area contributed by atoms with Crippen LogP contribution in [0, 0.1) is 11.8 Å². The van der Waals surface area contributed by atoms with E-state index < -0.39 is 0 Å². The molecule has 0 fully saturated rings. The molecule has 80 valence electrons. The van der Waals surface area contributed by atoms with Crippen LogP contribution in [-0.2, 0) is 6.42 Å². The molecule has 1 rings (SSSR count). The molecule has 0 aromatic heterocycles. The molecule has 1 aromatic rings. The number of para-hydroxylation sites is 1. The van der Waals surface area contributed by atoms with Gasteiger partial charge in [-0.25, -0.2) is 0 Å². The Hall–Kier alpha value is -1.42. The summed E-state index contributed by atoms with van der Waals surface area (Å²) >= 11 is 0. The SMILES string of the molecule is CCCC#CCCCc1ccccc1N. The standard InChI is InChI=1S/C14H19N/c1-2-3-4-5-6-7-10-13-11-8-9-12-14(13)15/h8-9,11-12H,2-3,6-7,10,15H2,1H3. The predicted octanol–water partition coefficient (Wildman–Crippen LogP) is 3.40. The molecule has 0 aliphatic carbocycles. The number of hydrogen-bond donors (Lipinski definition) is 1.